The Morgan fingerprint density at radius 2 is 2.18 bits per heavy atom. The van der Waals surface area contributed by atoms with Gasteiger partial charge in [0.05, 0.1) is 0 Å². The number of H-pyrrole nitrogens is 1. The summed E-state index contributed by atoms with van der Waals surface area (Å²) in [6.07, 6.45) is 3.43. The highest BCUT2D eigenvalue weighted by atomic mass is 35.5. The third kappa shape index (κ3) is 3.30. The van der Waals surface area contributed by atoms with Crippen molar-refractivity contribution in [3.05, 3.63) is 52.6 Å². The lowest BCUT2D eigenvalue weighted by atomic mass is 9.85. The van der Waals surface area contributed by atoms with Crippen LogP contribution in [0.25, 0.3) is 0 Å². The summed E-state index contributed by atoms with van der Waals surface area (Å²) in [5.41, 5.74) is 0.849. The van der Waals surface area contributed by atoms with E-state index < -0.39 is 0 Å². The van der Waals surface area contributed by atoms with E-state index in [0.29, 0.717) is 23.7 Å². The van der Waals surface area contributed by atoms with Crippen molar-refractivity contribution in [3.8, 4) is 0 Å². The quantitative estimate of drug-likeness (QED) is 0.914. The Morgan fingerprint density at radius 3 is 2.77 bits per heavy atom. The molecule has 1 heterocycles. The van der Waals surface area contributed by atoms with Gasteiger partial charge in [-0.3, -0.25) is 9.89 Å². The number of rotatable bonds is 5. The van der Waals surface area contributed by atoms with E-state index in [1.54, 1.807) is 23.1 Å². The normalized spacial score (nSPS) is 14.6. The van der Waals surface area contributed by atoms with Gasteiger partial charge in [0.2, 0.25) is 0 Å². The molecule has 0 spiro atoms. The van der Waals surface area contributed by atoms with Gasteiger partial charge < -0.3 is 4.90 Å². The third-order valence-corrected chi connectivity index (χ3v) is 4.28. The van der Waals surface area contributed by atoms with Gasteiger partial charge in [-0.25, -0.2) is 4.39 Å². The number of nitrogens with zero attached hydrogens (tertiary/aromatic N) is 2. The number of carbonyl (C=O) groups excluding carboxylic acids is 1. The second-order valence-corrected chi connectivity index (χ2v) is 6.07. The first-order chi connectivity index (χ1) is 10.6. The summed E-state index contributed by atoms with van der Waals surface area (Å²) >= 11 is 5.77. The molecule has 1 aliphatic rings. The van der Waals surface area contributed by atoms with Gasteiger partial charge in [-0.05, 0) is 24.8 Å². The second kappa shape index (κ2) is 6.48. The standard InChI is InChI=1S/C16H17ClFN3O/c17-15-8-14(19-20-15)16(22)21(9-11-4-3-5-11)10-12-6-1-2-7-13(12)18/h1-2,6-8,11H,3-5,9-10H2,(H,19,20). The van der Waals surface area contributed by atoms with Gasteiger partial charge in [0.15, 0.2) is 5.15 Å². The van der Waals surface area contributed by atoms with E-state index in [4.69, 9.17) is 11.6 Å². The average Bonchev–Trinajstić information content (AvgIpc) is 2.89. The lowest BCUT2D eigenvalue weighted by Gasteiger charge is -2.32. The molecule has 3 rings (SSSR count). The highest BCUT2D eigenvalue weighted by Crippen LogP contribution is 2.28. The van der Waals surface area contributed by atoms with Gasteiger partial charge in [0.1, 0.15) is 11.5 Å². The maximum Gasteiger partial charge on any atom is 0.272 e. The predicted octanol–water partition coefficient (Wildman–Crippen LogP) is 3.64. The lowest BCUT2D eigenvalue weighted by Crippen LogP contribution is -2.37. The molecule has 0 saturated heterocycles. The summed E-state index contributed by atoms with van der Waals surface area (Å²) in [6, 6.07) is 8.03. The smallest absolute Gasteiger partial charge is 0.272 e. The van der Waals surface area contributed by atoms with Crippen molar-refractivity contribution in [1.82, 2.24) is 15.1 Å². The molecule has 1 aromatic carbocycles. The number of aromatic nitrogens is 2. The van der Waals surface area contributed by atoms with Crippen molar-refractivity contribution in [3.63, 3.8) is 0 Å². The Kier molecular flexibility index (Phi) is 4.43. The number of hydrogen-bond donors (Lipinski definition) is 1. The fraction of sp³-hybridized carbons (Fsp3) is 0.375. The zero-order chi connectivity index (χ0) is 15.5. The fourth-order valence-electron chi connectivity index (χ4n) is 2.62. The van der Waals surface area contributed by atoms with Crippen LogP contribution in [-0.2, 0) is 6.54 Å². The Bertz CT molecular complexity index is 669. The summed E-state index contributed by atoms with van der Waals surface area (Å²) in [7, 11) is 0. The maximum atomic E-state index is 13.9. The van der Waals surface area contributed by atoms with E-state index in [1.165, 1.54) is 18.6 Å². The minimum absolute atomic E-state index is 0.199. The number of hydrogen-bond acceptors (Lipinski definition) is 2. The van der Waals surface area contributed by atoms with Crippen molar-refractivity contribution in [2.75, 3.05) is 6.54 Å². The van der Waals surface area contributed by atoms with Gasteiger partial charge in [0, 0.05) is 24.7 Å². The molecule has 1 fully saturated rings. The number of benzene rings is 1. The zero-order valence-electron chi connectivity index (χ0n) is 12.1. The van der Waals surface area contributed by atoms with Crippen LogP contribution >= 0.6 is 11.6 Å². The van der Waals surface area contributed by atoms with E-state index in [9.17, 15) is 9.18 Å². The minimum Gasteiger partial charge on any atom is -0.333 e. The molecule has 1 amide bonds. The summed E-state index contributed by atoms with van der Waals surface area (Å²) in [5.74, 6) is 0.000206. The molecule has 1 saturated carbocycles. The summed E-state index contributed by atoms with van der Waals surface area (Å²) < 4.78 is 13.9. The largest absolute Gasteiger partial charge is 0.333 e. The molecule has 0 unspecified atom stereocenters. The van der Waals surface area contributed by atoms with Crippen molar-refractivity contribution < 1.29 is 9.18 Å². The Balaban J connectivity index is 1.80. The molecule has 22 heavy (non-hydrogen) atoms. The minimum atomic E-state index is -0.295. The summed E-state index contributed by atoms with van der Waals surface area (Å²) in [6.45, 7) is 0.877. The highest BCUT2D eigenvalue weighted by Gasteiger charge is 2.26. The number of halogens is 2. The van der Waals surface area contributed by atoms with E-state index in [1.807, 2.05) is 0 Å². The van der Waals surface area contributed by atoms with E-state index in [0.717, 1.165) is 12.8 Å². The fourth-order valence-corrected chi connectivity index (χ4v) is 2.77. The molecule has 4 nitrogen and oxygen atoms in total. The average molecular weight is 322 g/mol. The zero-order valence-corrected chi connectivity index (χ0v) is 12.8. The lowest BCUT2D eigenvalue weighted by molar-refractivity contribution is 0.0671. The second-order valence-electron chi connectivity index (χ2n) is 5.68. The first-order valence-electron chi connectivity index (χ1n) is 7.37. The first-order valence-corrected chi connectivity index (χ1v) is 7.75. The van der Waals surface area contributed by atoms with Gasteiger partial charge in [-0.15, -0.1) is 0 Å². The van der Waals surface area contributed by atoms with Crippen LogP contribution in [0.5, 0.6) is 0 Å². The van der Waals surface area contributed by atoms with Crippen LogP contribution in [0.1, 0.15) is 35.3 Å². The Labute approximate surface area is 133 Å². The molecule has 0 atom stereocenters. The first kappa shape index (κ1) is 15.0. The molecular formula is C16H17ClFN3O. The van der Waals surface area contributed by atoms with E-state index in [-0.39, 0.29) is 23.4 Å². The molecular weight excluding hydrogens is 305 g/mol. The van der Waals surface area contributed by atoms with Crippen molar-refractivity contribution in [1.29, 1.82) is 0 Å². The van der Waals surface area contributed by atoms with Crippen LogP contribution in [0.4, 0.5) is 4.39 Å². The van der Waals surface area contributed by atoms with Crippen molar-refractivity contribution in [2.24, 2.45) is 5.92 Å². The molecule has 1 N–H and O–H groups in total. The molecule has 6 heteroatoms. The number of carbonyl (C=O) groups is 1. The number of nitrogens with one attached hydrogen (secondary N) is 1. The third-order valence-electron chi connectivity index (χ3n) is 4.09. The topological polar surface area (TPSA) is 49.0 Å². The highest BCUT2D eigenvalue weighted by molar-refractivity contribution is 6.29. The van der Waals surface area contributed by atoms with Crippen LogP contribution in [0.15, 0.2) is 30.3 Å². The Hall–Kier alpha value is -1.88. The van der Waals surface area contributed by atoms with Gasteiger partial charge >= 0.3 is 0 Å². The molecule has 0 aliphatic heterocycles. The van der Waals surface area contributed by atoms with Crippen LogP contribution in [0, 0.1) is 11.7 Å². The monoisotopic (exact) mass is 321 g/mol. The van der Waals surface area contributed by atoms with Crippen molar-refractivity contribution in [2.45, 2.75) is 25.8 Å². The van der Waals surface area contributed by atoms with Crippen LogP contribution in [0.2, 0.25) is 5.15 Å². The maximum absolute atomic E-state index is 13.9. The summed E-state index contributed by atoms with van der Waals surface area (Å²) in [5, 5.41) is 6.65. The predicted molar refractivity (Wildman–Crippen MR) is 82.1 cm³/mol. The molecule has 1 aromatic heterocycles. The Morgan fingerprint density at radius 1 is 1.41 bits per heavy atom. The van der Waals surface area contributed by atoms with Gasteiger partial charge in [-0.1, -0.05) is 36.2 Å². The summed E-state index contributed by atoms with van der Waals surface area (Å²) in [4.78, 5) is 14.3. The van der Waals surface area contributed by atoms with E-state index in [2.05, 4.69) is 10.2 Å². The SMILES string of the molecule is O=C(c1cc(Cl)n[nH]1)N(Cc1ccccc1F)CC1CCC1. The van der Waals surface area contributed by atoms with Crippen LogP contribution in [0.3, 0.4) is 0 Å². The van der Waals surface area contributed by atoms with Gasteiger partial charge in [-0.2, -0.15) is 5.10 Å². The van der Waals surface area contributed by atoms with Gasteiger partial charge in [0.25, 0.3) is 5.91 Å². The molecule has 0 radical (unpaired) electrons. The van der Waals surface area contributed by atoms with Crippen LogP contribution in [-0.4, -0.2) is 27.5 Å². The van der Waals surface area contributed by atoms with Crippen LogP contribution < -0.4 is 0 Å². The number of amides is 1. The molecule has 1 aliphatic carbocycles. The van der Waals surface area contributed by atoms with Crippen molar-refractivity contribution >= 4 is 17.5 Å². The van der Waals surface area contributed by atoms with E-state index >= 15 is 0 Å². The molecule has 116 valence electrons. The molecule has 2 aromatic rings. The molecule has 0 bridgehead atoms. The number of aromatic amines is 1.